The van der Waals surface area contributed by atoms with Crippen molar-refractivity contribution >= 4 is 40.5 Å². The Labute approximate surface area is 91.1 Å². The maximum Gasteiger partial charge on any atom is 0.329 e. The Balaban J connectivity index is 3.27. The largest absolute Gasteiger partial charge is 0.329 e. The summed E-state index contributed by atoms with van der Waals surface area (Å²) < 4.78 is 9.97. The summed E-state index contributed by atoms with van der Waals surface area (Å²) in [6.45, 7) is 4.80. The van der Waals surface area contributed by atoms with E-state index in [4.69, 9.17) is 13.9 Å². The maximum absolute atomic E-state index is 9.13. The summed E-state index contributed by atoms with van der Waals surface area (Å²) in [5.74, 6) is 0. The van der Waals surface area contributed by atoms with E-state index in [0.29, 0.717) is 13.2 Å². The molecule has 0 bridgehead atoms. The zero-order valence-electron chi connectivity index (χ0n) is 7.04. The van der Waals surface area contributed by atoms with Crippen LogP contribution in [0.2, 0.25) is 0 Å². The van der Waals surface area contributed by atoms with Crippen LogP contribution in [0.4, 0.5) is 0 Å². The molecule has 0 saturated carbocycles. The first-order chi connectivity index (χ1) is 5.52. The third-order valence-electron chi connectivity index (χ3n) is 0.829. The average Bonchev–Trinajstić information content (AvgIpc) is 1.96. The van der Waals surface area contributed by atoms with Gasteiger partial charge in [0.1, 0.15) is 0 Å². The highest BCUT2D eigenvalue weighted by Gasteiger charge is 2.09. The second-order valence-electron chi connectivity index (χ2n) is 2.39. The van der Waals surface area contributed by atoms with E-state index in [2.05, 4.69) is 31.9 Å². The van der Waals surface area contributed by atoms with Crippen molar-refractivity contribution in [2.45, 2.75) is 23.5 Å². The molecule has 0 aromatic rings. The van der Waals surface area contributed by atoms with Gasteiger partial charge in [-0.15, -0.1) is 0 Å². The molecule has 0 aromatic carbocycles. The van der Waals surface area contributed by atoms with Gasteiger partial charge >= 0.3 is 8.60 Å². The van der Waals surface area contributed by atoms with Gasteiger partial charge in [-0.1, -0.05) is 45.7 Å². The van der Waals surface area contributed by atoms with Crippen LogP contribution in [-0.4, -0.2) is 27.8 Å². The molecule has 2 unspecified atom stereocenters. The number of hydrogen-bond donors (Lipinski definition) is 1. The third kappa shape index (κ3) is 9.36. The summed E-state index contributed by atoms with van der Waals surface area (Å²) in [7, 11) is -1.71. The van der Waals surface area contributed by atoms with E-state index in [-0.39, 0.29) is 9.65 Å². The second kappa shape index (κ2) is 7.65. The lowest BCUT2D eigenvalue weighted by Crippen LogP contribution is -2.05. The van der Waals surface area contributed by atoms with E-state index < -0.39 is 8.60 Å². The van der Waals surface area contributed by atoms with Crippen LogP contribution in [0.25, 0.3) is 0 Å². The highest BCUT2D eigenvalue weighted by molar-refractivity contribution is 9.09. The fourth-order valence-corrected chi connectivity index (χ4v) is 1.82. The monoisotopic (exact) mass is 322 g/mol. The van der Waals surface area contributed by atoms with Crippen LogP contribution in [0.1, 0.15) is 13.8 Å². The highest BCUT2D eigenvalue weighted by atomic mass is 79.9. The average molecular weight is 324 g/mol. The van der Waals surface area contributed by atoms with Gasteiger partial charge in [0.15, 0.2) is 0 Å². The zero-order chi connectivity index (χ0) is 9.56. The van der Waals surface area contributed by atoms with E-state index in [1.807, 2.05) is 13.8 Å². The van der Waals surface area contributed by atoms with Crippen LogP contribution in [0, 0.1) is 0 Å². The molecule has 0 fully saturated rings. The first-order valence-electron chi connectivity index (χ1n) is 3.55. The van der Waals surface area contributed by atoms with E-state index in [0.717, 1.165) is 0 Å². The molecule has 0 radical (unpaired) electrons. The molecular formula is C6H13Br2O3P. The van der Waals surface area contributed by atoms with Crippen LogP contribution in [0.5, 0.6) is 0 Å². The minimum absolute atomic E-state index is 0.236. The van der Waals surface area contributed by atoms with Crippen molar-refractivity contribution in [1.82, 2.24) is 0 Å². The molecule has 6 heteroatoms. The van der Waals surface area contributed by atoms with Gasteiger partial charge in [-0.3, -0.25) is 0 Å². The number of hydrogen-bond acceptors (Lipinski definition) is 3. The lowest BCUT2D eigenvalue weighted by molar-refractivity contribution is 0.205. The van der Waals surface area contributed by atoms with Crippen molar-refractivity contribution in [1.29, 1.82) is 0 Å². The van der Waals surface area contributed by atoms with Crippen molar-refractivity contribution in [3.8, 4) is 0 Å². The quantitative estimate of drug-likeness (QED) is 0.603. The minimum atomic E-state index is -1.71. The molecular weight excluding hydrogens is 311 g/mol. The third-order valence-corrected chi connectivity index (χ3v) is 2.10. The smallest absolute Gasteiger partial charge is 0.328 e. The Morgan fingerprint density at radius 2 is 1.50 bits per heavy atom. The highest BCUT2D eigenvalue weighted by Crippen LogP contribution is 2.33. The molecule has 1 N–H and O–H groups in total. The summed E-state index contributed by atoms with van der Waals surface area (Å²) in [5, 5.41) is 0. The van der Waals surface area contributed by atoms with Gasteiger partial charge < -0.3 is 13.9 Å². The van der Waals surface area contributed by atoms with Gasteiger partial charge in [-0.2, -0.15) is 0 Å². The normalized spacial score (nSPS) is 18.8. The van der Waals surface area contributed by atoms with Crippen molar-refractivity contribution in [3.05, 3.63) is 0 Å². The van der Waals surface area contributed by atoms with Crippen LogP contribution >= 0.6 is 40.5 Å². The van der Waals surface area contributed by atoms with Crippen LogP contribution in [-0.2, 0) is 9.05 Å². The molecule has 0 aromatic heterocycles. The predicted octanol–water partition coefficient (Wildman–Crippen LogP) is 2.81. The summed E-state index contributed by atoms with van der Waals surface area (Å²) in [4.78, 5) is 9.60. The molecule has 0 aliphatic heterocycles. The number of rotatable bonds is 6. The molecule has 74 valence electrons. The van der Waals surface area contributed by atoms with Crippen molar-refractivity contribution in [3.63, 3.8) is 0 Å². The van der Waals surface area contributed by atoms with Gasteiger partial charge in [0.2, 0.25) is 0 Å². The Bertz CT molecular complexity index is 101. The molecule has 12 heavy (non-hydrogen) atoms. The first-order valence-corrected chi connectivity index (χ1v) is 6.51. The summed E-state index contributed by atoms with van der Waals surface area (Å²) >= 11 is 6.58. The molecule has 2 atom stereocenters. The fourth-order valence-electron chi connectivity index (χ4n) is 0.370. The molecule has 0 spiro atoms. The van der Waals surface area contributed by atoms with Crippen molar-refractivity contribution in [2.24, 2.45) is 0 Å². The molecule has 0 amide bonds. The Kier molecular flexibility index (Phi) is 8.46. The van der Waals surface area contributed by atoms with Gasteiger partial charge in [0, 0.05) is 9.65 Å². The Morgan fingerprint density at radius 3 is 1.75 bits per heavy atom. The Hall–Kier alpha value is 1.27. The molecule has 0 saturated heterocycles. The molecule has 0 aliphatic rings. The van der Waals surface area contributed by atoms with E-state index >= 15 is 0 Å². The molecule has 0 rings (SSSR count). The summed E-state index contributed by atoms with van der Waals surface area (Å²) in [5.41, 5.74) is 0. The summed E-state index contributed by atoms with van der Waals surface area (Å²) in [6.07, 6.45) is 0. The first kappa shape index (κ1) is 13.3. The molecule has 3 nitrogen and oxygen atoms in total. The van der Waals surface area contributed by atoms with Gasteiger partial charge in [0.25, 0.3) is 0 Å². The standard InChI is InChI=1S/C6H13Br2O3P/c1-5(7)3-10-12(9)11-4-6(2)8/h5-6,9H,3-4H2,1-2H3. The molecule has 0 heterocycles. The minimum Gasteiger partial charge on any atom is -0.328 e. The van der Waals surface area contributed by atoms with Crippen molar-refractivity contribution in [2.75, 3.05) is 13.2 Å². The zero-order valence-corrected chi connectivity index (χ0v) is 11.1. The SMILES string of the molecule is CC(Br)COP(O)OCC(C)Br. The van der Waals surface area contributed by atoms with Gasteiger partial charge in [0.05, 0.1) is 13.2 Å². The van der Waals surface area contributed by atoms with Crippen LogP contribution in [0.15, 0.2) is 0 Å². The van der Waals surface area contributed by atoms with Crippen LogP contribution in [0.3, 0.4) is 0 Å². The lowest BCUT2D eigenvalue weighted by Gasteiger charge is -2.12. The van der Waals surface area contributed by atoms with Crippen LogP contribution < -0.4 is 0 Å². The van der Waals surface area contributed by atoms with E-state index in [9.17, 15) is 0 Å². The maximum atomic E-state index is 9.13. The number of alkyl halides is 2. The Morgan fingerprint density at radius 1 is 1.17 bits per heavy atom. The van der Waals surface area contributed by atoms with Gasteiger partial charge in [-0.05, 0) is 0 Å². The topological polar surface area (TPSA) is 38.7 Å². The van der Waals surface area contributed by atoms with Crippen molar-refractivity contribution < 1.29 is 13.9 Å². The number of halogens is 2. The fraction of sp³-hybridized carbons (Fsp3) is 1.00. The predicted molar refractivity (Wildman–Crippen MR) is 57.8 cm³/mol. The van der Waals surface area contributed by atoms with E-state index in [1.165, 1.54) is 0 Å². The molecule has 0 aliphatic carbocycles. The van der Waals surface area contributed by atoms with E-state index in [1.54, 1.807) is 0 Å². The van der Waals surface area contributed by atoms with Gasteiger partial charge in [-0.25, -0.2) is 0 Å². The second-order valence-corrected chi connectivity index (χ2v) is 6.51. The lowest BCUT2D eigenvalue weighted by atomic mass is 10.5. The summed E-state index contributed by atoms with van der Waals surface area (Å²) in [6, 6.07) is 0.